The number of hydrogen-bond donors (Lipinski definition) is 0. The molecule has 1 aromatic carbocycles. The number of benzene rings is 1. The smallest absolute Gasteiger partial charge is 0.369 e. The lowest BCUT2D eigenvalue weighted by Crippen LogP contribution is -2.03. The van der Waals surface area contributed by atoms with Gasteiger partial charge in [0.05, 0.1) is 6.61 Å². The summed E-state index contributed by atoms with van der Waals surface area (Å²) in [6.07, 6.45) is 3.67. The van der Waals surface area contributed by atoms with Crippen molar-refractivity contribution in [1.29, 1.82) is 0 Å². The minimum absolute atomic E-state index is 0.282. The third kappa shape index (κ3) is 3.24. The number of nitrogens with zero attached hydrogens (tertiary/aromatic N) is 2. The average molecular weight is 260 g/mol. The minimum atomic E-state index is -0.422. The normalized spacial score (nSPS) is 10.7. The van der Waals surface area contributed by atoms with Crippen LogP contribution in [0.2, 0.25) is 0 Å². The summed E-state index contributed by atoms with van der Waals surface area (Å²) in [6, 6.07) is 9.83. The zero-order valence-corrected chi connectivity index (χ0v) is 10.7. The predicted molar refractivity (Wildman–Crippen MR) is 71.2 cm³/mol. The van der Waals surface area contributed by atoms with Gasteiger partial charge in [-0.2, -0.15) is 4.37 Å². The van der Waals surface area contributed by atoms with E-state index < -0.39 is 5.97 Å². The molecule has 0 aliphatic heterocycles. The molecule has 0 N–H and O–H groups in total. The van der Waals surface area contributed by atoms with E-state index in [4.69, 9.17) is 4.74 Å². The fourth-order valence-corrected chi connectivity index (χ4v) is 1.86. The summed E-state index contributed by atoms with van der Waals surface area (Å²) in [5.74, 6) is 0.0984. The van der Waals surface area contributed by atoms with Crippen molar-refractivity contribution in [2.45, 2.75) is 6.92 Å². The first-order valence-electron chi connectivity index (χ1n) is 5.53. The van der Waals surface area contributed by atoms with Crippen LogP contribution < -0.4 is 0 Å². The largest absolute Gasteiger partial charge is 0.461 e. The molecular weight excluding hydrogens is 248 g/mol. The Morgan fingerprint density at radius 2 is 2.11 bits per heavy atom. The van der Waals surface area contributed by atoms with E-state index in [-0.39, 0.29) is 5.01 Å². The van der Waals surface area contributed by atoms with Crippen LogP contribution in [0.15, 0.2) is 30.3 Å². The van der Waals surface area contributed by atoms with Crippen LogP contribution in [0.3, 0.4) is 0 Å². The van der Waals surface area contributed by atoms with Crippen LogP contribution in [0.4, 0.5) is 0 Å². The fourth-order valence-electron chi connectivity index (χ4n) is 1.31. The van der Waals surface area contributed by atoms with Crippen molar-refractivity contribution in [2.75, 3.05) is 6.61 Å². The monoisotopic (exact) mass is 260 g/mol. The van der Waals surface area contributed by atoms with Crippen molar-refractivity contribution in [3.63, 3.8) is 0 Å². The Bertz CT molecular complexity index is 549. The number of hydrogen-bond acceptors (Lipinski definition) is 5. The second-order valence-corrected chi connectivity index (χ2v) is 4.17. The standard InChI is InChI=1S/C13H12N2O2S/c1-2-17-13(16)12-14-11(15-18-12)9-8-10-6-4-3-5-7-10/h3-9H,2H2,1H3/b9-8+. The highest BCUT2D eigenvalue weighted by atomic mass is 32.1. The second-order valence-electron chi connectivity index (χ2n) is 3.42. The van der Waals surface area contributed by atoms with Crippen LogP contribution in [-0.4, -0.2) is 21.9 Å². The van der Waals surface area contributed by atoms with Gasteiger partial charge in [0.15, 0.2) is 5.82 Å². The number of carbonyl (C=O) groups is 1. The molecule has 5 heteroatoms. The Kier molecular flexibility index (Phi) is 4.20. The minimum Gasteiger partial charge on any atom is -0.461 e. The van der Waals surface area contributed by atoms with Crippen LogP contribution in [0.25, 0.3) is 12.2 Å². The number of ether oxygens (including phenoxy) is 1. The molecule has 2 aromatic rings. The maximum atomic E-state index is 11.4. The van der Waals surface area contributed by atoms with Gasteiger partial charge in [-0.25, -0.2) is 9.78 Å². The van der Waals surface area contributed by atoms with Crippen LogP contribution in [0.1, 0.15) is 28.1 Å². The van der Waals surface area contributed by atoms with Crippen LogP contribution in [0, 0.1) is 0 Å². The van der Waals surface area contributed by atoms with Crippen LogP contribution in [-0.2, 0) is 4.74 Å². The highest BCUT2D eigenvalue weighted by Gasteiger charge is 2.11. The molecule has 0 unspecified atom stereocenters. The van der Waals surface area contributed by atoms with Gasteiger partial charge < -0.3 is 4.74 Å². The van der Waals surface area contributed by atoms with Crippen molar-refractivity contribution >= 4 is 29.7 Å². The average Bonchev–Trinajstić information content (AvgIpc) is 2.87. The van der Waals surface area contributed by atoms with Crippen LogP contribution >= 0.6 is 11.5 Å². The Morgan fingerprint density at radius 1 is 1.33 bits per heavy atom. The predicted octanol–water partition coefficient (Wildman–Crippen LogP) is 2.89. The van der Waals surface area contributed by atoms with Crippen molar-refractivity contribution in [3.8, 4) is 0 Å². The molecule has 0 aliphatic rings. The SMILES string of the molecule is CCOC(=O)c1nc(/C=C/c2ccccc2)ns1. The first-order valence-corrected chi connectivity index (χ1v) is 6.31. The van der Waals surface area contributed by atoms with Gasteiger partial charge in [-0.1, -0.05) is 36.4 Å². The zero-order chi connectivity index (χ0) is 12.8. The van der Waals surface area contributed by atoms with Crippen molar-refractivity contribution < 1.29 is 9.53 Å². The molecule has 1 heterocycles. The lowest BCUT2D eigenvalue weighted by Gasteiger charge is -1.94. The van der Waals surface area contributed by atoms with Gasteiger partial charge in [-0.3, -0.25) is 0 Å². The Hall–Kier alpha value is -2.01. The molecular formula is C13H12N2O2S. The zero-order valence-electron chi connectivity index (χ0n) is 9.87. The van der Waals surface area contributed by atoms with E-state index in [2.05, 4.69) is 9.36 Å². The number of esters is 1. The number of rotatable bonds is 4. The summed E-state index contributed by atoms with van der Waals surface area (Å²) in [5.41, 5.74) is 1.06. The van der Waals surface area contributed by atoms with Gasteiger partial charge in [0.2, 0.25) is 5.01 Å². The molecule has 18 heavy (non-hydrogen) atoms. The number of aromatic nitrogens is 2. The number of carbonyl (C=O) groups excluding carboxylic acids is 1. The molecule has 92 valence electrons. The maximum absolute atomic E-state index is 11.4. The summed E-state index contributed by atoms with van der Waals surface area (Å²) in [4.78, 5) is 15.5. The summed E-state index contributed by atoms with van der Waals surface area (Å²) in [7, 11) is 0. The molecule has 0 atom stereocenters. The van der Waals surface area contributed by atoms with Crippen molar-refractivity contribution in [1.82, 2.24) is 9.36 Å². The molecule has 0 aliphatic carbocycles. The van der Waals surface area contributed by atoms with E-state index in [1.54, 1.807) is 13.0 Å². The third-order valence-corrected chi connectivity index (χ3v) is 2.83. The van der Waals surface area contributed by atoms with E-state index >= 15 is 0 Å². The molecule has 0 bridgehead atoms. The van der Waals surface area contributed by atoms with Gasteiger partial charge in [-0.15, -0.1) is 0 Å². The molecule has 1 aromatic heterocycles. The van der Waals surface area contributed by atoms with Gasteiger partial charge in [0.1, 0.15) is 0 Å². The molecule has 4 nitrogen and oxygen atoms in total. The lowest BCUT2D eigenvalue weighted by molar-refractivity contribution is 0.0526. The summed E-state index contributed by atoms with van der Waals surface area (Å²) in [5, 5.41) is 0.282. The molecule has 0 spiro atoms. The van der Waals surface area contributed by atoms with E-state index in [1.165, 1.54) is 0 Å². The quantitative estimate of drug-likeness (QED) is 0.793. The molecule has 0 amide bonds. The molecule has 0 radical (unpaired) electrons. The van der Waals surface area contributed by atoms with Crippen molar-refractivity contribution in [2.24, 2.45) is 0 Å². The van der Waals surface area contributed by atoms with Crippen molar-refractivity contribution in [3.05, 3.63) is 46.7 Å². The van der Waals surface area contributed by atoms with Gasteiger partial charge in [0.25, 0.3) is 0 Å². The van der Waals surface area contributed by atoms with E-state index in [0.29, 0.717) is 12.4 Å². The first kappa shape index (κ1) is 12.4. The molecule has 0 saturated carbocycles. The highest BCUT2D eigenvalue weighted by Crippen LogP contribution is 2.10. The Labute approximate surface area is 109 Å². The summed E-state index contributed by atoms with van der Waals surface area (Å²) < 4.78 is 8.93. The second kappa shape index (κ2) is 6.07. The van der Waals surface area contributed by atoms with E-state index in [0.717, 1.165) is 17.1 Å². The van der Waals surface area contributed by atoms with E-state index in [1.807, 2.05) is 36.4 Å². The van der Waals surface area contributed by atoms with Gasteiger partial charge in [-0.05, 0) is 30.1 Å². The maximum Gasteiger partial charge on any atom is 0.369 e. The molecule has 2 rings (SSSR count). The summed E-state index contributed by atoms with van der Waals surface area (Å²) >= 11 is 1.05. The lowest BCUT2D eigenvalue weighted by atomic mass is 10.2. The van der Waals surface area contributed by atoms with Crippen LogP contribution in [0.5, 0.6) is 0 Å². The van der Waals surface area contributed by atoms with E-state index in [9.17, 15) is 4.79 Å². The Morgan fingerprint density at radius 3 is 2.83 bits per heavy atom. The first-order chi connectivity index (χ1) is 8.79. The van der Waals surface area contributed by atoms with Gasteiger partial charge >= 0.3 is 5.97 Å². The third-order valence-electron chi connectivity index (χ3n) is 2.12. The fraction of sp³-hybridized carbons (Fsp3) is 0.154. The summed E-state index contributed by atoms with van der Waals surface area (Å²) in [6.45, 7) is 2.10. The molecule has 0 fully saturated rings. The van der Waals surface area contributed by atoms with Gasteiger partial charge in [0, 0.05) is 0 Å². The Balaban J connectivity index is 2.07. The molecule has 0 saturated heterocycles. The topological polar surface area (TPSA) is 52.1 Å². The highest BCUT2D eigenvalue weighted by molar-refractivity contribution is 7.07.